The number of ether oxygens (including phenoxy) is 1. The first-order chi connectivity index (χ1) is 13.8. The van der Waals surface area contributed by atoms with Gasteiger partial charge in [-0.15, -0.1) is 12.4 Å². The summed E-state index contributed by atoms with van der Waals surface area (Å²) in [5.41, 5.74) is 8.09. The zero-order valence-corrected chi connectivity index (χ0v) is 18.7. The Labute approximate surface area is 185 Å². The van der Waals surface area contributed by atoms with Crippen LogP contribution >= 0.6 is 12.4 Å². The second-order valence-corrected chi connectivity index (χ2v) is 7.52. The van der Waals surface area contributed by atoms with Gasteiger partial charge in [-0.2, -0.15) is 0 Å². The maximum Gasteiger partial charge on any atom is 0.262 e. The zero-order valence-electron chi connectivity index (χ0n) is 17.9. The molecule has 0 aliphatic rings. The number of rotatable bonds is 10. The third-order valence-corrected chi connectivity index (χ3v) is 4.58. The maximum absolute atomic E-state index is 12.1. The predicted molar refractivity (Wildman–Crippen MR) is 123 cm³/mol. The van der Waals surface area contributed by atoms with E-state index in [4.69, 9.17) is 10.5 Å². The molecule has 0 spiro atoms. The van der Waals surface area contributed by atoms with Crippen molar-refractivity contribution in [1.82, 2.24) is 5.32 Å². The van der Waals surface area contributed by atoms with Crippen LogP contribution in [0.3, 0.4) is 0 Å². The first kappa shape index (κ1) is 25.5. The van der Waals surface area contributed by atoms with Gasteiger partial charge in [0.2, 0.25) is 5.91 Å². The molecule has 4 N–H and O–H groups in total. The maximum atomic E-state index is 12.1. The van der Waals surface area contributed by atoms with Crippen molar-refractivity contribution in [2.45, 2.75) is 45.6 Å². The second kappa shape index (κ2) is 12.2. The number of carbonyl (C=O) groups is 2. The number of amides is 2. The summed E-state index contributed by atoms with van der Waals surface area (Å²) < 4.78 is 5.54. The van der Waals surface area contributed by atoms with Gasteiger partial charge in [-0.1, -0.05) is 37.6 Å². The van der Waals surface area contributed by atoms with Gasteiger partial charge in [-0.3, -0.25) is 9.59 Å². The molecule has 0 saturated heterocycles. The predicted octanol–water partition coefficient (Wildman–Crippen LogP) is 3.61. The Morgan fingerprint density at radius 2 is 1.83 bits per heavy atom. The summed E-state index contributed by atoms with van der Waals surface area (Å²) in [6, 6.07) is 15.1. The molecule has 6 nitrogen and oxygen atoms in total. The average molecular weight is 434 g/mol. The lowest BCUT2D eigenvalue weighted by Crippen LogP contribution is -2.51. The highest BCUT2D eigenvalue weighted by atomic mass is 35.5. The van der Waals surface area contributed by atoms with Crippen molar-refractivity contribution in [3.05, 3.63) is 59.7 Å². The first-order valence-electron chi connectivity index (χ1n) is 9.95. The Balaban J connectivity index is 0.00000450. The highest BCUT2D eigenvalue weighted by Gasteiger charge is 2.26. The van der Waals surface area contributed by atoms with Crippen molar-refractivity contribution in [2.24, 2.45) is 5.73 Å². The van der Waals surface area contributed by atoms with Gasteiger partial charge in [-0.25, -0.2) is 0 Å². The molecule has 1 atom stereocenters. The molecule has 7 heteroatoms. The lowest BCUT2D eigenvalue weighted by Gasteiger charge is -2.22. The minimum absolute atomic E-state index is 0. The van der Waals surface area contributed by atoms with E-state index in [0.717, 1.165) is 23.2 Å². The molecule has 0 fully saturated rings. The van der Waals surface area contributed by atoms with Crippen LogP contribution in [-0.4, -0.2) is 30.5 Å². The van der Waals surface area contributed by atoms with Gasteiger partial charge in [0.25, 0.3) is 5.91 Å². The summed E-state index contributed by atoms with van der Waals surface area (Å²) in [7, 11) is 0. The standard InChI is InChI=1S/C23H31N3O3.ClH/c1-4-13-23(3,24)22(28)25-14-12-18-8-10-20(11-9-18)29-16-21(27)26-19-7-5-6-17(2)15-19;/h5-11,15H,4,12-14,16,24H2,1-3H3,(H,25,28)(H,26,27);1H. The molecule has 30 heavy (non-hydrogen) atoms. The van der Waals surface area contributed by atoms with Crippen LogP contribution in [0.1, 0.15) is 37.8 Å². The van der Waals surface area contributed by atoms with Crippen molar-refractivity contribution < 1.29 is 14.3 Å². The van der Waals surface area contributed by atoms with E-state index in [9.17, 15) is 9.59 Å². The Morgan fingerprint density at radius 3 is 2.47 bits per heavy atom. The van der Waals surface area contributed by atoms with Crippen LogP contribution in [-0.2, 0) is 16.0 Å². The highest BCUT2D eigenvalue weighted by Crippen LogP contribution is 2.14. The monoisotopic (exact) mass is 433 g/mol. The van der Waals surface area contributed by atoms with Gasteiger partial charge >= 0.3 is 0 Å². The Morgan fingerprint density at radius 1 is 1.13 bits per heavy atom. The Bertz CT molecular complexity index is 823. The number of nitrogens with one attached hydrogen (secondary N) is 2. The van der Waals surface area contributed by atoms with Crippen LogP contribution in [0.15, 0.2) is 48.5 Å². The van der Waals surface area contributed by atoms with Gasteiger partial charge in [0, 0.05) is 12.2 Å². The van der Waals surface area contributed by atoms with E-state index in [1.54, 1.807) is 6.92 Å². The molecule has 2 aromatic rings. The zero-order chi connectivity index (χ0) is 21.3. The summed E-state index contributed by atoms with van der Waals surface area (Å²) in [5, 5.41) is 5.70. The van der Waals surface area contributed by atoms with E-state index in [1.165, 1.54) is 0 Å². The fourth-order valence-electron chi connectivity index (χ4n) is 2.98. The van der Waals surface area contributed by atoms with Gasteiger partial charge in [0.15, 0.2) is 6.61 Å². The number of halogens is 1. The third-order valence-electron chi connectivity index (χ3n) is 4.58. The summed E-state index contributed by atoms with van der Waals surface area (Å²) in [5.74, 6) is 0.285. The molecule has 2 rings (SSSR count). The summed E-state index contributed by atoms with van der Waals surface area (Å²) in [4.78, 5) is 24.1. The van der Waals surface area contributed by atoms with E-state index in [2.05, 4.69) is 10.6 Å². The normalized spacial score (nSPS) is 12.3. The number of hydrogen-bond donors (Lipinski definition) is 3. The summed E-state index contributed by atoms with van der Waals surface area (Å²) in [6.45, 7) is 6.20. The lowest BCUT2D eigenvalue weighted by molar-refractivity contribution is -0.126. The molecule has 164 valence electrons. The fourth-order valence-corrected chi connectivity index (χ4v) is 2.98. The van der Waals surface area contributed by atoms with Gasteiger partial charge in [-0.05, 0) is 62.1 Å². The van der Waals surface area contributed by atoms with Gasteiger partial charge < -0.3 is 21.1 Å². The SMILES string of the molecule is CCCC(C)(N)C(=O)NCCc1ccc(OCC(=O)Nc2cccc(C)c2)cc1.Cl. The molecular formula is C23H32ClN3O3. The van der Waals surface area contributed by atoms with Crippen LogP contribution in [0.4, 0.5) is 5.69 Å². The molecule has 0 radical (unpaired) electrons. The van der Waals surface area contributed by atoms with Crippen molar-refractivity contribution in [3.8, 4) is 5.75 Å². The third kappa shape index (κ3) is 8.43. The molecule has 0 heterocycles. The van der Waals surface area contributed by atoms with Gasteiger partial charge in [0.05, 0.1) is 5.54 Å². The Hall–Kier alpha value is -2.57. The number of anilines is 1. The molecule has 2 aromatic carbocycles. The summed E-state index contributed by atoms with van der Waals surface area (Å²) >= 11 is 0. The highest BCUT2D eigenvalue weighted by molar-refractivity contribution is 5.91. The van der Waals surface area contributed by atoms with E-state index in [0.29, 0.717) is 25.1 Å². The van der Waals surface area contributed by atoms with Crippen molar-refractivity contribution >= 4 is 29.9 Å². The summed E-state index contributed by atoms with van der Waals surface area (Å²) in [6.07, 6.45) is 2.22. The van der Waals surface area contributed by atoms with Crippen LogP contribution in [0.25, 0.3) is 0 Å². The molecule has 0 aliphatic heterocycles. The van der Waals surface area contributed by atoms with Crippen molar-refractivity contribution in [3.63, 3.8) is 0 Å². The molecular weight excluding hydrogens is 402 g/mol. The number of hydrogen-bond acceptors (Lipinski definition) is 4. The van der Waals surface area contributed by atoms with E-state index in [-0.39, 0.29) is 30.8 Å². The quantitative estimate of drug-likeness (QED) is 0.533. The average Bonchev–Trinajstić information content (AvgIpc) is 2.67. The molecule has 0 bridgehead atoms. The van der Waals surface area contributed by atoms with E-state index in [1.807, 2.05) is 62.4 Å². The van der Waals surface area contributed by atoms with Crippen LogP contribution < -0.4 is 21.1 Å². The molecule has 0 aliphatic carbocycles. The van der Waals surface area contributed by atoms with E-state index >= 15 is 0 Å². The number of aryl methyl sites for hydroxylation is 1. The fraction of sp³-hybridized carbons (Fsp3) is 0.391. The van der Waals surface area contributed by atoms with Crippen molar-refractivity contribution in [1.29, 1.82) is 0 Å². The van der Waals surface area contributed by atoms with Gasteiger partial charge in [0.1, 0.15) is 5.75 Å². The van der Waals surface area contributed by atoms with Crippen molar-refractivity contribution in [2.75, 3.05) is 18.5 Å². The molecule has 0 aromatic heterocycles. The number of carbonyl (C=O) groups excluding carboxylic acids is 2. The largest absolute Gasteiger partial charge is 0.484 e. The first-order valence-corrected chi connectivity index (χ1v) is 9.95. The van der Waals surface area contributed by atoms with Crippen LogP contribution in [0.2, 0.25) is 0 Å². The number of benzene rings is 2. The lowest BCUT2D eigenvalue weighted by atomic mass is 9.96. The molecule has 1 unspecified atom stereocenters. The molecule has 2 amide bonds. The van der Waals surface area contributed by atoms with Crippen LogP contribution in [0, 0.1) is 6.92 Å². The minimum atomic E-state index is -0.828. The van der Waals surface area contributed by atoms with Crippen LogP contribution in [0.5, 0.6) is 5.75 Å². The molecule has 0 saturated carbocycles. The minimum Gasteiger partial charge on any atom is -0.484 e. The Kier molecular flexibility index (Phi) is 10.4. The topological polar surface area (TPSA) is 93.5 Å². The smallest absolute Gasteiger partial charge is 0.262 e. The van der Waals surface area contributed by atoms with E-state index < -0.39 is 5.54 Å². The second-order valence-electron chi connectivity index (χ2n) is 7.52. The number of nitrogens with two attached hydrogens (primary N) is 1.